The molecule has 0 aromatic carbocycles. The predicted molar refractivity (Wildman–Crippen MR) is 75.7 cm³/mol. The Hall–Kier alpha value is -0.0300. The summed E-state index contributed by atoms with van der Waals surface area (Å²) >= 11 is 5.58. The molecule has 3 nitrogen and oxygen atoms in total. The van der Waals surface area contributed by atoms with Crippen LogP contribution in [0.25, 0.3) is 0 Å². The first-order chi connectivity index (χ1) is 8.26. The second-order valence-corrected chi connectivity index (χ2v) is 6.56. The van der Waals surface area contributed by atoms with Crippen LogP contribution in [-0.2, 0) is 7.05 Å². The number of aromatic nitrogens is 3. The number of thioether (sulfide) groups is 1. The molecule has 0 spiro atoms. The van der Waals surface area contributed by atoms with Crippen molar-refractivity contribution in [1.29, 1.82) is 0 Å². The first-order valence-corrected chi connectivity index (χ1v) is 8.39. The van der Waals surface area contributed by atoms with E-state index >= 15 is 0 Å². The third-order valence-corrected chi connectivity index (χ3v) is 6.20. The summed E-state index contributed by atoms with van der Waals surface area (Å²) < 4.78 is 2.00. The summed E-state index contributed by atoms with van der Waals surface area (Å²) in [4.78, 5) is 0. The average molecular weight is 318 g/mol. The molecular weight excluding hydrogens is 298 g/mol. The lowest BCUT2D eigenvalue weighted by Gasteiger charge is -2.30. The van der Waals surface area contributed by atoms with Crippen LogP contribution in [0, 0.1) is 5.41 Å². The van der Waals surface area contributed by atoms with Crippen molar-refractivity contribution in [3.8, 4) is 0 Å². The molecule has 0 amide bonds. The summed E-state index contributed by atoms with van der Waals surface area (Å²) in [5.41, 5.74) is 0.465. The molecule has 17 heavy (non-hydrogen) atoms. The van der Waals surface area contributed by atoms with Crippen molar-refractivity contribution < 1.29 is 0 Å². The Morgan fingerprint density at radius 2 is 2.06 bits per heavy atom. The molecule has 1 aliphatic carbocycles. The van der Waals surface area contributed by atoms with Crippen molar-refractivity contribution in [2.45, 2.75) is 43.7 Å². The van der Waals surface area contributed by atoms with E-state index in [9.17, 15) is 0 Å². The first kappa shape index (κ1) is 13.4. The van der Waals surface area contributed by atoms with E-state index in [1.807, 2.05) is 23.4 Å². The molecule has 0 atom stereocenters. The van der Waals surface area contributed by atoms with Crippen LogP contribution in [0.3, 0.4) is 0 Å². The maximum atomic E-state index is 4.15. The number of aryl methyl sites for hydroxylation is 1. The van der Waals surface area contributed by atoms with Crippen LogP contribution in [-0.4, -0.2) is 25.8 Å². The maximum Gasteiger partial charge on any atom is 0.190 e. The molecule has 1 aliphatic rings. The van der Waals surface area contributed by atoms with E-state index in [0.29, 0.717) is 5.41 Å². The molecule has 2 rings (SSSR count). The van der Waals surface area contributed by atoms with E-state index < -0.39 is 0 Å². The average Bonchev–Trinajstić information content (AvgIpc) is 2.63. The van der Waals surface area contributed by atoms with E-state index in [1.165, 1.54) is 38.5 Å². The van der Waals surface area contributed by atoms with Gasteiger partial charge in [0.25, 0.3) is 0 Å². The molecule has 1 aromatic rings. The van der Waals surface area contributed by atoms with Gasteiger partial charge >= 0.3 is 0 Å². The molecule has 0 radical (unpaired) electrons. The zero-order valence-electron chi connectivity index (χ0n) is 10.4. The van der Waals surface area contributed by atoms with Crippen molar-refractivity contribution in [1.82, 2.24) is 14.8 Å². The van der Waals surface area contributed by atoms with Gasteiger partial charge in [-0.3, -0.25) is 0 Å². The lowest BCUT2D eigenvalue weighted by Crippen LogP contribution is -2.25. The fourth-order valence-corrected chi connectivity index (χ4v) is 4.62. The van der Waals surface area contributed by atoms with Crippen molar-refractivity contribution in [2.24, 2.45) is 12.5 Å². The Kier molecular flexibility index (Phi) is 4.91. The van der Waals surface area contributed by atoms with E-state index in [0.717, 1.165) is 16.2 Å². The summed E-state index contributed by atoms with van der Waals surface area (Å²) in [6.45, 7) is 0. The topological polar surface area (TPSA) is 30.7 Å². The summed E-state index contributed by atoms with van der Waals surface area (Å²) in [6, 6.07) is 0. The van der Waals surface area contributed by atoms with Gasteiger partial charge in [0.1, 0.15) is 6.33 Å². The minimum absolute atomic E-state index is 0.465. The van der Waals surface area contributed by atoms with Crippen LogP contribution in [0.15, 0.2) is 11.5 Å². The molecule has 1 heterocycles. The third-order valence-electron chi connectivity index (χ3n) is 3.62. The quantitative estimate of drug-likeness (QED) is 0.482. The minimum atomic E-state index is 0.465. The van der Waals surface area contributed by atoms with Crippen LogP contribution >= 0.6 is 27.7 Å². The molecule has 0 N–H and O–H groups in total. The number of rotatable bonds is 4. The van der Waals surface area contributed by atoms with Gasteiger partial charge in [0.2, 0.25) is 0 Å². The Labute approximate surface area is 116 Å². The van der Waals surface area contributed by atoms with Crippen LogP contribution < -0.4 is 0 Å². The van der Waals surface area contributed by atoms with Crippen LogP contribution in [0.2, 0.25) is 0 Å². The standard InChI is InChI=1S/C12H20BrN3S/c1-16-10-14-15-11(16)17-9-12(8-13)6-4-2-3-5-7-12/h10H,2-9H2,1H3. The highest BCUT2D eigenvalue weighted by atomic mass is 79.9. The number of nitrogens with zero attached hydrogens (tertiary/aromatic N) is 3. The zero-order valence-corrected chi connectivity index (χ0v) is 12.8. The summed E-state index contributed by atoms with van der Waals surface area (Å²) in [7, 11) is 2.01. The lowest BCUT2D eigenvalue weighted by atomic mass is 9.85. The van der Waals surface area contributed by atoms with Crippen LogP contribution in [0.4, 0.5) is 0 Å². The van der Waals surface area contributed by atoms with Gasteiger partial charge in [-0.05, 0) is 18.3 Å². The Balaban J connectivity index is 1.96. The van der Waals surface area contributed by atoms with E-state index in [4.69, 9.17) is 0 Å². The molecule has 0 aliphatic heterocycles. The Bertz CT molecular complexity index is 345. The molecular formula is C12H20BrN3S. The Morgan fingerprint density at radius 3 is 2.59 bits per heavy atom. The van der Waals surface area contributed by atoms with E-state index in [-0.39, 0.29) is 0 Å². The smallest absolute Gasteiger partial charge is 0.190 e. The number of alkyl halides is 1. The van der Waals surface area contributed by atoms with Crippen molar-refractivity contribution in [2.75, 3.05) is 11.1 Å². The van der Waals surface area contributed by atoms with Gasteiger partial charge in [0.15, 0.2) is 5.16 Å². The molecule has 0 saturated heterocycles. The fraction of sp³-hybridized carbons (Fsp3) is 0.833. The number of hydrogen-bond donors (Lipinski definition) is 0. The Morgan fingerprint density at radius 1 is 1.35 bits per heavy atom. The highest BCUT2D eigenvalue weighted by Crippen LogP contribution is 2.40. The third kappa shape index (κ3) is 3.47. The predicted octanol–water partition coefficient (Wildman–Crippen LogP) is 3.64. The molecule has 1 saturated carbocycles. The molecule has 0 bridgehead atoms. The second-order valence-electron chi connectivity index (χ2n) is 5.06. The highest BCUT2D eigenvalue weighted by Gasteiger charge is 2.30. The fourth-order valence-electron chi connectivity index (χ4n) is 2.42. The lowest BCUT2D eigenvalue weighted by molar-refractivity contribution is 0.334. The zero-order chi connectivity index (χ0) is 12.1. The van der Waals surface area contributed by atoms with Crippen molar-refractivity contribution in [3.63, 3.8) is 0 Å². The monoisotopic (exact) mass is 317 g/mol. The summed E-state index contributed by atoms with van der Waals surface area (Å²) in [6.07, 6.45) is 10.0. The summed E-state index contributed by atoms with van der Waals surface area (Å²) in [5, 5.41) is 10.2. The molecule has 96 valence electrons. The minimum Gasteiger partial charge on any atom is -0.312 e. The molecule has 0 unspecified atom stereocenters. The van der Waals surface area contributed by atoms with Crippen molar-refractivity contribution >= 4 is 27.7 Å². The highest BCUT2D eigenvalue weighted by molar-refractivity contribution is 9.09. The molecule has 5 heteroatoms. The van der Waals surface area contributed by atoms with Gasteiger partial charge in [0.05, 0.1) is 0 Å². The van der Waals surface area contributed by atoms with Gasteiger partial charge < -0.3 is 4.57 Å². The number of hydrogen-bond acceptors (Lipinski definition) is 3. The largest absolute Gasteiger partial charge is 0.312 e. The van der Waals surface area contributed by atoms with Gasteiger partial charge in [-0.2, -0.15) is 0 Å². The van der Waals surface area contributed by atoms with Crippen LogP contribution in [0.5, 0.6) is 0 Å². The second kappa shape index (κ2) is 6.23. The van der Waals surface area contributed by atoms with Gasteiger partial charge in [0, 0.05) is 18.1 Å². The maximum absolute atomic E-state index is 4.15. The van der Waals surface area contributed by atoms with Crippen molar-refractivity contribution in [3.05, 3.63) is 6.33 Å². The van der Waals surface area contributed by atoms with Crippen LogP contribution in [0.1, 0.15) is 38.5 Å². The normalized spacial score (nSPS) is 20.1. The van der Waals surface area contributed by atoms with E-state index in [2.05, 4.69) is 26.1 Å². The summed E-state index contributed by atoms with van der Waals surface area (Å²) in [5.74, 6) is 1.16. The SMILES string of the molecule is Cn1cnnc1SCC1(CBr)CCCCCC1. The number of halogens is 1. The van der Waals surface area contributed by atoms with Gasteiger partial charge in [-0.25, -0.2) is 0 Å². The molecule has 1 aromatic heterocycles. The first-order valence-electron chi connectivity index (χ1n) is 6.29. The van der Waals surface area contributed by atoms with Gasteiger partial charge in [-0.1, -0.05) is 53.4 Å². The molecule has 1 fully saturated rings. The van der Waals surface area contributed by atoms with Gasteiger partial charge in [-0.15, -0.1) is 10.2 Å². The van der Waals surface area contributed by atoms with E-state index in [1.54, 1.807) is 6.33 Å².